The smallest absolute Gasteiger partial charge is 0.0702 e. The third-order valence-electron chi connectivity index (χ3n) is 3.12. The highest BCUT2D eigenvalue weighted by Gasteiger charge is 2.34. The number of nitrogens with zero attached hydrogens (tertiary/aromatic N) is 1. The summed E-state index contributed by atoms with van der Waals surface area (Å²) in [5.41, 5.74) is 5.96. The molecular formula is C12H19BrN2OS. The van der Waals surface area contributed by atoms with E-state index in [9.17, 15) is 0 Å². The highest BCUT2D eigenvalue weighted by molar-refractivity contribution is 9.11. The van der Waals surface area contributed by atoms with Crippen LogP contribution in [0.4, 0.5) is 0 Å². The van der Waals surface area contributed by atoms with E-state index in [2.05, 4.69) is 33.0 Å². The van der Waals surface area contributed by atoms with Crippen LogP contribution in [-0.2, 0) is 4.74 Å². The highest BCUT2D eigenvalue weighted by Crippen LogP contribution is 2.37. The van der Waals surface area contributed by atoms with Crippen LogP contribution in [0.1, 0.15) is 23.8 Å². The summed E-state index contributed by atoms with van der Waals surface area (Å²) in [6.07, 6.45) is 2.60. The van der Waals surface area contributed by atoms with E-state index < -0.39 is 0 Å². The van der Waals surface area contributed by atoms with Crippen molar-refractivity contribution in [3.63, 3.8) is 0 Å². The van der Waals surface area contributed by atoms with Crippen LogP contribution < -0.4 is 5.73 Å². The maximum atomic E-state index is 5.96. The Hall–Kier alpha value is 0.0600. The monoisotopic (exact) mass is 318 g/mol. The Morgan fingerprint density at radius 1 is 1.59 bits per heavy atom. The summed E-state index contributed by atoms with van der Waals surface area (Å²) < 4.78 is 6.37. The third kappa shape index (κ3) is 3.51. The summed E-state index contributed by atoms with van der Waals surface area (Å²) in [6, 6.07) is 5.33. The molecule has 0 saturated heterocycles. The molecule has 1 atom stereocenters. The summed E-state index contributed by atoms with van der Waals surface area (Å²) in [6.45, 7) is 2.42. The van der Waals surface area contributed by atoms with Gasteiger partial charge in [0.1, 0.15) is 0 Å². The van der Waals surface area contributed by atoms with Crippen molar-refractivity contribution in [2.75, 3.05) is 26.8 Å². The topological polar surface area (TPSA) is 38.5 Å². The van der Waals surface area contributed by atoms with E-state index >= 15 is 0 Å². The zero-order valence-electron chi connectivity index (χ0n) is 10.1. The minimum Gasteiger partial charge on any atom is -0.383 e. The molecule has 17 heavy (non-hydrogen) atoms. The van der Waals surface area contributed by atoms with Crippen LogP contribution in [0, 0.1) is 0 Å². The molecule has 1 fully saturated rings. The average molecular weight is 319 g/mol. The van der Waals surface area contributed by atoms with Gasteiger partial charge >= 0.3 is 0 Å². The summed E-state index contributed by atoms with van der Waals surface area (Å²) in [5, 5.41) is 0. The van der Waals surface area contributed by atoms with Crippen molar-refractivity contribution < 1.29 is 4.74 Å². The van der Waals surface area contributed by atoms with E-state index in [-0.39, 0.29) is 0 Å². The number of rotatable bonds is 7. The first-order valence-corrected chi connectivity index (χ1v) is 7.57. The Morgan fingerprint density at radius 3 is 2.82 bits per heavy atom. The standard InChI is InChI=1S/C12H19BrN2OS/c1-16-7-6-15(9-2-3-9)10(8-14)11-4-5-12(13)17-11/h4-5,9-10H,2-3,6-8,14H2,1H3. The van der Waals surface area contributed by atoms with Gasteiger partial charge < -0.3 is 10.5 Å². The molecule has 0 amide bonds. The van der Waals surface area contributed by atoms with Crippen LogP contribution in [0.3, 0.4) is 0 Å². The number of methoxy groups -OCH3 is 1. The highest BCUT2D eigenvalue weighted by atomic mass is 79.9. The minimum atomic E-state index is 0.342. The van der Waals surface area contributed by atoms with Gasteiger partial charge in [0.2, 0.25) is 0 Å². The Labute approximate surface area is 115 Å². The molecule has 96 valence electrons. The van der Waals surface area contributed by atoms with Gasteiger partial charge in [-0.3, -0.25) is 4.90 Å². The first-order valence-electron chi connectivity index (χ1n) is 5.96. The van der Waals surface area contributed by atoms with E-state index in [1.807, 2.05) is 0 Å². The van der Waals surface area contributed by atoms with Gasteiger partial charge in [0.15, 0.2) is 0 Å². The maximum absolute atomic E-state index is 5.96. The summed E-state index contributed by atoms with van der Waals surface area (Å²) >= 11 is 5.30. The molecule has 0 aliphatic heterocycles. The molecule has 2 rings (SSSR count). The molecule has 2 N–H and O–H groups in total. The molecule has 0 bridgehead atoms. The van der Waals surface area contributed by atoms with E-state index in [1.54, 1.807) is 18.4 Å². The zero-order chi connectivity index (χ0) is 12.3. The predicted molar refractivity (Wildman–Crippen MR) is 75.4 cm³/mol. The van der Waals surface area contributed by atoms with Crippen LogP contribution in [0.25, 0.3) is 0 Å². The molecule has 1 unspecified atom stereocenters. The number of ether oxygens (including phenoxy) is 1. The van der Waals surface area contributed by atoms with Crippen LogP contribution in [-0.4, -0.2) is 37.7 Å². The van der Waals surface area contributed by atoms with Gasteiger partial charge in [-0.1, -0.05) is 0 Å². The quantitative estimate of drug-likeness (QED) is 0.840. The molecule has 1 aromatic heterocycles. The van der Waals surface area contributed by atoms with Gasteiger partial charge in [-0.2, -0.15) is 0 Å². The first-order chi connectivity index (χ1) is 8.26. The van der Waals surface area contributed by atoms with Crippen molar-refractivity contribution in [2.45, 2.75) is 24.9 Å². The van der Waals surface area contributed by atoms with Gasteiger partial charge in [0.05, 0.1) is 16.4 Å². The fourth-order valence-corrected chi connectivity index (χ4v) is 3.68. The molecule has 1 aliphatic carbocycles. The van der Waals surface area contributed by atoms with Gasteiger partial charge in [-0.25, -0.2) is 0 Å². The number of halogens is 1. The van der Waals surface area contributed by atoms with Crippen LogP contribution in [0.5, 0.6) is 0 Å². The van der Waals surface area contributed by atoms with Gasteiger partial charge in [-0.15, -0.1) is 11.3 Å². The van der Waals surface area contributed by atoms with Crippen LogP contribution in [0.15, 0.2) is 15.9 Å². The minimum absolute atomic E-state index is 0.342. The lowest BCUT2D eigenvalue weighted by molar-refractivity contribution is 0.117. The predicted octanol–water partition coefficient (Wildman–Crippen LogP) is 2.62. The number of hydrogen-bond donors (Lipinski definition) is 1. The lowest BCUT2D eigenvalue weighted by atomic mass is 10.2. The van der Waals surface area contributed by atoms with Crippen molar-refractivity contribution in [1.29, 1.82) is 0 Å². The van der Waals surface area contributed by atoms with Crippen molar-refractivity contribution in [3.05, 3.63) is 20.8 Å². The molecule has 1 saturated carbocycles. The first kappa shape index (κ1) is 13.5. The van der Waals surface area contributed by atoms with Crippen molar-refractivity contribution in [3.8, 4) is 0 Å². The molecule has 1 aromatic rings. The molecule has 1 aliphatic rings. The molecule has 1 heterocycles. The second kappa shape index (κ2) is 6.29. The van der Waals surface area contributed by atoms with Crippen LogP contribution in [0.2, 0.25) is 0 Å². The number of hydrogen-bond acceptors (Lipinski definition) is 4. The summed E-state index contributed by atoms with van der Waals surface area (Å²) in [7, 11) is 1.75. The maximum Gasteiger partial charge on any atom is 0.0702 e. The lowest BCUT2D eigenvalue weighted by Crippen LogP contribution is -2.37. The lowest BCUT2D eigenvalue weighted by Gasteiger charge is -2.30. The van der Waals surface area contributed by atoms with Crippen molar-refractivity contribution in [1.82, 2.24) is 4.90 Å². The van der Waals surface area contributed by atoms with E-state index in [4.69, 9.17) is 10.5 Å². The Kier molecular flexibility index (Phi) is 4.99. The Bertz CT molecular complexity index is 354. The molecule has 3 nitrogen and oxygen atoms in total. The SMILES string of the molecule is COCCN(C1CC1)C(CN)c1ccc(Br)s1. The molecule has 0 spiro atoms. The van der Waals surface area contributed by atoms with Crippen molar-refractivity contribution >= 4 is 27.3 Å². The summed E-state index contributed by atoms with van der Waals surface area (Å²) in [4.78, 5) is 3.85. The normalized spacial score (nSPS) is 17.6. The molecular weight excluding hydrogens is 300 g/mol. The fraction of sp³-hybridized carbons (Fsp3) is 0.667. The Morgan fingerprint density at radius 2 is 2.35 bits per heavy atom. The Balaban J connectivity index is 2.08. The molecule has 0 aromatic carbocycles. The molecule has 5 heteroatoms. The second-order valence-electron chi connectivity index (χ2n) is 4.36. The number of thiophene rings is 1. The fourth-order valence-electron chi connectivity index (χ4n) is 2.12. The third-order valence-corrected chi connectivity index (χ3v) is 4.84. The second-order valence-corrected chi connectivity index (χ2v) is 6.85. The zero-order valence-corrected chi connectivity index (χ0v) is 12.5. The number of nitrogens with two attached hydrogens (primary N) is 1. The van der Waals surface area contributed by atoms with E-state index in [0.717, 1.165) is 13.2 Å². The molecule has 0 radical (unpaired) electrons. The van der Waals surface area contributed by atoms with Crippen molar-refractivity contribution in [2.24, 2.45) is 5.73 Å². The van der Waals surface area contributed by atoms with Gasteiger partial charge in [0.25, 0.3) is 0 Å². The van der Waals surface area contributed by atoms with E-state index in [1.165, 1.54) is 21.5 Å². The van der Waals surface area contributed by atoms with Gasteiger partial charge in [0, 0.05) is 31.1 Å². The largest absolute Gasteiger partial charge is 0.383 e. The van der Waals surface area contributed by atoms with Gasteiger partial charge in [-0.05, 0) is 40.9 Å². The average Bonchev–Trinajstić information content (AvgIpc) is 3.08. The van der Waals surface area contributed by atoms with Crippen LogP contribution >= 0.6 is 27.3 Å². The van der Waals surface area contributed by atoms with E-state index in [0.29, 0.717) is 18.6 Å². The summed E-state index contributed by atoms with van der Waals surface area (Å²) in [5.74, 6) is 0.